The summed E-state index contributed by atoms with van der Waals surface area (Å²) >= 11 is 1.64. The van der Waals surface area contributed by atoms with Crippen molar-refractivity contribution in [3.63, 3.8) is 0 Å². The van der Waals surface area contributed by atoms with E-state index in [2.05, 4.69) is 17.0 Å². The third-order valence-corrected chi connectivity index (χ3v) is 7.02. The second-order valence-corrected chi connectivity index (χ2v) is 9.08. The van der Waals surface area contributed by atoms with Gasteiger partial charge in [-0.2, -0.15) is 0 Å². The Morgan fingerprint density at radius 2 is 1.76 bits per heavy atom. The molecule has 2 N–H and O–H groups in total. The molecule has 5 rings (SSSR count). The molecule has 0 spiro atoms. The molecule has 1 saturated heterocycles. The minimum absolute atomic E-state index is 0.404. The molecular weight excluding hydrogens is 436 g/mol. The zero-order valence-corrected chi connectivity index (χ0v) is 19.7. The first-order valence-electron chi connectivity index (χ1n) is 11.2. The summed E-state index contributed by atoms with van der Waals surface area (Å²) in [5.74, 6) is 2.54. The van der Waals surface area contributed by atoms with Gasteiger partial charge in [-0.3, -0.25) is 4.90 Å². The molecule has 0 atom stereocenters. The predicted octanol–water partition coefficient (Wildman–Crippen LogP) is 5.90. The van der Waals surface area contributed by atoms with Crippen molar-refractivity contribution in [3.05, 3.63) is 47.8 Å². The van der Waals surface area contributed by atoms with Gasteiger partial charge in [0.25, 0.3) is 0 Å². The highest BCUT2D eigenvalue weighted by molar-refractivity contribution is 7.13. The summed E-state index contributed by atoms with van der Waals surface area (Å²) in [7, 11) is 3.27. The van der Waals surface area contributed by atoms with Gasteiger partial charge < -0.3 is 24.4 Å². The number of fused-ring (bicyclic) bond motifs is 1. The fraction of sp³-hybridized carbons (Fsp3) is 0.308. The van der Waals surface area contributed by atoms with Crippen LogP contribution in [-0.4, -0.2) is 45.4 Å². The molecule has 2 aromatic carbocycles. The minimum Gasteiger partial charge on any atom is -0.493 e. The maximum atomic E-state index is 6.39. The Morgan fingerprint density at radius 1 is 0.970 bits per heavy atom. The molecule has 6 nitrogen and oxygen atoms in total. The van der Waals surface area contributed by atoms with Gasteiger partial charge in [-0.25, -0.2) is 0 Å². The van der Waals surface area contributed by atoms with Gasteiger partial charge in [0.1, 0.15) is 17.9 Å². The van der Waals surface area contributed by atoms with Crippen molar-refractivity contribution < 1.29 is 18.6 Å². The fourth-order valence-electron chi connectivity index (χ4n) is 4.46. The van der Waals surface area contributed by atoms with Crippen molar-refractivity contribution in [1.82, 2.24) is 4.90 Å². The lowest BCUT2D eigenvalue weighted by Gasteiger charge is -2.16. The lowest BCUT2D eigenvalue weighted by Crippen LogP contribution is -2.25. The third-order valence-electron chi connectivity index (χ3n) is 6.13. The maximum absolute atomic E-state index is 6.39. The first kappa shape index (κ1) is 21.7. The second kappa shape index (κ2) is 9.37. The highest BCUT2D eigenvalue weighted by Crippen LogP contribution is 2.46. The molecule has 0 radical (unpaired) electrons. The van der Waals surface area contributed by atoms with Crippen molar-refractivity contribution in [2.24, 2.45) is 0 Å². The summed E-state index contributed by atoms with van der Waals surface area (Å²) in [5.41, 5.74) is 9.90. The van der Waals surface area contributed by atoms with Gasteiger partial charge in [0.15, 0.2) is 11.5 Å². The van der Waals surface area contributed by atoms with E-state index in [1.165, 1.54) is 12.8 Å². The van der Waals surface area contributed by atoms with Crippen molar-refractivity contribution in [2.45, 2.75) is 12.8 Å². The van der Waals surface area contributed by atoms with Crippen LogP contribution in [0.4, 0.5) is 5.88 Å². The number of methoxy groups -OCH3 is 2. The quantitative estimate of drug-likeness (QED) is 0.350. The van der Waals surface area contributed by atoms with Crippen LogP contribution in [0.5, 0.6) is 17.2 Å². The molecule has 33 heavy (non-hydrogen) atoms. The van der Waals surface area contributed by atoms with Gasteiger partial charge in [-0.05, 0) is 72.8 Å². The summed E-state index contributed by atoms with van der Waals surface area (Å²) in [6.45, 7) is 3.80. The topological polar surface area (TPSA) is 70.1 Å². The number of nitrogens with two attached hydrogens (primary N) is 1. The van der Waals surface area contributed by atoms with E-state index in [0.717, 1.165) is 52.3 Å². The average Bonchev–Trinajstić information content (AvgIpc) is 3.59. The Balaban J connectivity index is 1.58. The summed E-state index contributed by atoms with van der Waals surface area (Å²) in [4.78, 5) is 3.51. The summed E-state index contributed by atoms with van der Waals surface area (Å²) in [6.07, 6.45) is 2.53. The molecule has 7 heteroatoms. The molecule has 1 aliphatic heterocycles. The molecule has 2 aromatic heterocycles. The lowest BCUT2D eigenvalue weighted by atomic mass is 10.0. The van der Waals surface area contributed by atoms with Gasteiger partial charge in [0, 0.05) is 11.4 Å². The molecule has 1 fully saturated rings. The standard InChI is InChI=1S/C26H28N2O4S/c1-29-19-8-7-17(14-20(19)30-2)18-15-21(31-12-11-28-9-3-4-10-28)24-22(16-18)32-26(27)25(24)23-6-5-13-33-23/h5-8,13-16H,3-4,9-12,27H2,1-2H3. The molecule has 0 aliphatic carbocycles. The smallest absolute Gasteiger partial charge is 0.200 e. The first-order chi connectivity index (χ1) is 16.2. The summed E-state index contributed by atoms with van der Waals surface area (Å²) in [6, 6.07) is 14.0. The number of furan rings is 1. The van der Waals surface area contributed by atoms with E-state index in [1.54, 1.807) is 25.6 Å². The Bertz CT molecular complexity index is 1240. The summed E-state index contributed by atoms with van der Waals surface area (Å²) < 4.78 is 23.3. The largest absolute Gasteiger partial charge is 0.493 e. The number of rotatable bonds is 8. The second-order valence-electron chi connectivity index (χ2n) is 8.13. The van der Waals surface area contributed by atoms with Gasteiger partial charge in [-0.1, -0.05) is 12.1 Å². The SMILES string of the molecule is COc1ccc(-c2cc(OCCN3CCCC3)c3c(-c4cccs4)c(N)oc3c2)cc1OC. The molecule has 172 valence electrons. The maximum Gasteiger partial charge on any atom is 0.200 e. The van der Waals surface area contributed by atoms with Crippen molar-refractivity contribution >= 4 is 28.2 Å². The van der Waals surface area contributed by atoms with Crippen molar-refractivity contribution in [2.75, 3.05) is 46.2 Å². The number of hydrogen-bond donors (Lipinski definition) is 1. The van der Waals surface area contributed by atoms with Crippen LogP contribution in [0.1, 0.15) is 12.8 Å². The highest BCUT2D eigenvalue weighted by Gasteiger charge is 2.21. The molecule has 0 amide bonds. The van der Waals surface area contributed by atoms with Crippen LogP contribution in [0.25, 0.3) is 32.5 Å². The van der Waals surface area contributed by atoms with Gasteiger partial charge in [0.2, 0.25) is 5.88 Å². The number of ether oxygens (including phenoxy) is 3. The molecule has 0 saturated carbocycles. The zero-order chi connectivity index (χ0) is 22.8. The van der Waals surface area contributed by atoms with E-state index in [1.807, 2.05) is 35.7 Å². The highest BCUT2D eigenvalue weighted by atomic mass is 32.1. The van der Waals surface area contributed by atoms with E-state index < -0.39 is 0 Å². The number of nitrogens with zero attached hydrogens (tertiary/aromatic N) is 1. The minimum atomic E-state index is 0.404. The zero-order valence-electron chi connectivity index (χ0n) is 18.9. The Kier molecular flexibility index (Phi) is 6.15. The fourth-order valence-corrected chi connectivity index (χ4v) is 5.24. The number of anilines is 1. The van der Waals surface area contributed by atoms with Gasteiger partial charge in [0.05, 0.1) is 25.2 Å². The van der Waals surface area contributed by atoms with E-state index >= 15 is 0 Å². The van der Waals surface area contributed by atoms with Crippen LogP contribution in [0.2, 0.25) is 0 Å². The van der Waals surface area contributed by atoms with Crippen LogP contribution < -0.4 is 19.9 Å². The van der Waals surface area contributed by atoms with Crippen LogP contribution >= 0.6 is 11.3 Å². The van der Waals surface area contributed by atoms with Crippen LogP contribution in [0.3, 0.4) is 0 Å². The van der Waals surface area contributed by atoms with Gasteiger partial charge in [-0.15, -0.1) is 11.3 Å². The first-order valence-corrected chi connectivity index (χ1v) is 12.0. The molecule has 4 aromatic rings. The van der Waals surface area contributed by atoms with Crippen molar-refractivity contribution in [3.8, 4) is 38.8 Å². The van der Waals surface area contributed by atoms with Crippen LogP contribution in [-0.2, 0) is 0 Å². The Hall–Kier alpha value is -3.16. The number of hydrogen-bond acceptors (Lipinski definition) is 7. The monoisotopic (exact) mass is 464 g/mol. The summed E-state index contributed by atoms with van der Waals surface area (Å²) in [5, 5.41) is 2.96. The Morgan fingerprint density at radius 3 is 2.48 bits per heavy atom. The van der Waals surface area contributed by atoms with Gasteiger partial charge >= 0.3 is 0 Å². The molecule has 1 aliphatic rings. The van der Waals surface area contributed by atoms with Crippen LogP contribution in [0, 0.1) is 0 Å². The molecule has 0 unspecified atom stereocenters. The van der Waals surface area contributed by atoms with E-state index in [9.17, 15) is 0 Å². The molecule has 3 heterocycles. The number of likely N-dealkylation sites (tertiary alicyclic amines) is 1. The Labute approximate surface area is 197 Å². The average molecular weight is 465 g/mol. The van der Waals surface area contributed by atoms with E-state index in [-0.39, 0.29) is 0 Å². The molecule has 0 bridgehead atoms. The van der Waals surface area contributed by atoms with Crippen LogP contribution in [0.15, 0.2) is 52.3 Å². The third kappa shape index (κ3) is 4.26. The van der Waals surface area contributed by atoms with E-state index in [4.69, 9.17) is 24.4 Å². The predicted molar refractivity (Wildman–Crippen MR) is 134 cm³/mol. The lowest BCUT2D eigenvalue weighted by molar-refractivity contribution is 0.239. The number of benzene rings is 2. The number of thiophene rings is 1. The van der Waals surface area contributed by atoms with Crippen molar-refractivity contribution in [1.29, 1.82) is 0 Å². The normalized spacial score (nSPS) is 14.1. The number of nitrogen functional groups attached to an aromatic ring is 1. The molecular formula is C26H28N2O4S. The van der Waals surface area contributed by atoms with E-state index in [0.29, 0.717) is 29.6 Å².